The number of imidazole rings is 1. The number of hydrogen-bond acceptors (Lipinski definition) is 8. The molecule has 9 N–H and O–H groups in total. The molecular weight excluding hydrogens is 695 g/mol. The van der Waals surface area contributed by atoms with Crippen LogP contribution in [0.3, 0.4) is 0 Å². The summed E-state index contributed by atoms with van der Waals surface area (Å²) in [6.45, 7) is 23.2. The summed E-state index contributed by atoms with van der Waals surface area (Å²) in [7, 11) is 0. The number of Topliss-reactive ketones (excluding diaryl/α,β-unsaturated/α-hetero) is 1. The zero-order valence-electron chi connectivity index (χ0n) is 35.7. The van der Waals surface area contributed by atoms with Gasteiger partial charge in [0.15, 0.2) is 0 Å². The number of anilines is 2. The predicted octanol–water partition coefficient (Wildman–Crippen LogP) is 10.1. The lowest BCUT2D eigenvalue weighted by Crippen LogP contribution is -2.20. The highest BCUT2D eigenvalue weighted by Crippen LogP contribution is 2.40. The third-order valence-corrected chi connectivity index (χ3v) is 9.62. The number of nitrogens with one attached hydrogen (secondary N) is 2. The summed E-state index contributed by atoms with van der Waals surface area (Å²) in [5, 5.41) is 14.2. The Bertz CT molecular complexity index is 1800. The second-order valence-electron chi connectivity index (χ2n) is 14.2. The maximum atomic E-state index is 10.7. The fraction of sp³-hybridized carbons (Fsp3) is 0.447. The number of H-pyrrole nitrogens is 1. The molecule has 4 aromatic rings. The quantitative estimate of drug-likeness (QED) is 0.0778. The van der Waals surface area contributed by atoms with Crippen LogP contribution in [0.4, 0.5) is 11.4 Å². The smallest absolute Gasteiger partial charge is 0.132 e. The van der Waals surface area contributed by atoms with E-state index in [9.17, 15) is 9.90 Å². The van der Waals surface area contributed by atoms with Crippen LogP contribution >= 0.6 is 0 Å². The molecule has 9 heteroatoms. The van der Waals surface area contributed by atoms with Gasteiger partial charge in [-0.3, -0.25) is 4.79 Å². The minimum absolute atomic E-state index is 0.218. The van der Waals surface area contributed by atoms with E-state index in [2.05, 4.69) is 92.0 Å². The molecule has 1 aromatic heterocycles. The molecule has 1 aliphatic carbocycles. The summed E-state index contributed by atoms with van der Waals surface area (Å²) in [5.41, 5.74) is 26.2. The summed E-state index contributed by atoms with van der Waals surface area (Å²) in [5.74, 6) is 2.71. The summed E-state index contributed by atoms with van der Waals surface area (Å²) in [4.78, 5) is 20.7. The van der Waals surface area contributed by atoms with Crippen molar-refractivity contribution >= 4 is 28.9 Å². The number of aromatic nitrogens is 2. The minimum atomic E-state index is -0.218. The number of nitrogens with zero attached hydrogens (tertiary/aromatic N) is 2. The molecule has 3 aromatic carbocycles. The normalized spacial score (nSPS) is 16.8. The van der Waals surface area contributed by atoms with Crippen molar-refractivity contribution in [3.63, 3.8) is 0 Å². The molecule has 1 saturated heterocycles. The molecule has 0 radical (unpaired) electrons. The number of carbonyl (C=O) groups excluding carboxylic acids is 1. The molecule has 1 saturated carbocycles. The summed E-state index contributed by atoms with van der Waals surface area (Å²) in [6.07, 6.45) is 10.9. The van der Waals surface area contributed by atoms with Gasteiger partial charge in [0.1, 0.15) is 18.3 Å². The first-order valence-corrected chi connectivity index (χ1v) is 20.6. The first-order chi connectivity index (χ1) is 27.0. The van der Waals surface area contributed by atoms with E-state index >= 15 is 0 Å². The molecular formula is C47H71N7O2. The Kier molecular flexibility index (Phi) is 21.0. The van der Waals surface area contributed by atoms with Crippen LogP contribution in [0.5, 0.6) is 0 Å². The topological polar surface area (TPSA) is 159 Å². The Morgan fingerprint density at radius 2 is 1.71 bits per heavy atom. The molecule has 2 aliphatic rings. The first kappa shape index (κ1) is 47.5. The number of carbonyl (C=O) groups is 1. The van der Waals surface area contributed by atoms with E-state index in [1.165, 1.54) is 18.2 Å². The lowest BCUT2D eigenvalue weighted by atomic mass is 9.96. The SMILES string of the molecule is C=Cc1cc(/C(N)=C/N)ccc1N(CO)c1ccc(-c2cnc(C3CCCN3)[nH]2)cc1-c1cccc(CC)c1.CC.CC.CC1CC1N.CCC(=O)CC(C)C. The van der Waals surface area contributed by atoms with Crippen LogP contribution in [0.1, 0.15) is 123 Å². The second-order valence-corrected chi connectivity index (χ2v) is 14.2. The van der Waals surface area contributed by atoms with Crippen molar-refractivity contribution in [1.82, 2.24) is 15.3 Å². The average Bonchev–Trinajstić information content (AvgIpc) is 3.62. The number of benzene rings is 3. The zero-order chi connectivity index (χ0) is 41.8. The van der Waals surface area contributed by atoms with Gasteiger partial charge in [0, 0.05) is 36.2 Å². The van der Waals surface area contributed by atoms with Gasteiger partial charge < -0.3 is 37.5 Å². The maximum absolute atomic E-state index is 10.7. The van der Waals surface area contributed by atoms with E-state index in [1.807, 2.05) is 63.9 Å². The molecule has 2 fully saturated rings. The van der Waals surface area contributed by atoms with Gasteiger partial charge >= 0.3 is 0 Å². The van der Waals surface area contributed by atoms with Crippen LogP contribution in [0, 0.1) is 11.8 Å². The molecule has 3 atom stereocenters. The minimum Gasteiger partial charge on any atom is -0.403 e. The summed E-state index contributed by atoms with van der Waals surface area (Å²) < 4.78 is 0. The lowest BCUT2D eigenvalue weighted by Gasteiger charge is -2.28. The Morgan fingerprint density at radius 1 is 1.04 bits per heavy atom. The Labute approximate surface area is 337 Å². The molecule has 6 rings (SSSR count). The average molecular weight is 766 g/mol. The highest BCUT2D eigenvalue weighted by Gasteiger charge is 2.27. The van der Waals surface area contributed by atoms with E-state index in [0.717, 1.165) is 88.9 Å². The van der Waals surface area contributed by atoms with Crippen LogP contribution in [-0.4, -0.2) is 40.2 Å². The Morgan fingerprint density at radius 3 is 2.23 bits per heavy atom. The third-order valence-electron chi connectivity index (χ3n) is 9.62. The molecule has 0 spiro atoms. The van der Waals surface area contributed by atoms with Gasteiger partial charge in [0.05, 0.1) is 35.0 Å². The first-order valence-electron chi connectivity index (χ1n) is 20.6. The predicted molar refractivity (Wildman–Crippen MR) is 240 cm³/mol. The molecule has 56 heavy (non-hydrogen) atoms. The molecule has 306 valence electrons. The van der Waals surface area contributed by atoms with Crippen LogP contribution < -0.4 is 27.4 Å². The molecule has 3 unspecified atom stereocenters. The molecule has 0 amide bonds. The van der Waals surface area contributed by atoms with Crippen LogP contribution in [0.25, 0.3) is 34.2 Å². The van der Waals surface area contributed by atoms with Crippen LogP contribution in [0.15, 0.2) is 79.6 Å². The van der Waals surface area contributed by atoms with E-state index in [1.54, 1.807) is 6.08 Å². The van der Waals surface area contributed by atoms with Crippen LogP contribution in [-0.2, 0) is 11.2 Å². The molecule has 0 bridgehead atoms. The van der Waals surface area contributed by atoms with Crippen LogP contribution in [0.2, 0.25) is 0 Å². The Hall–Kier alpha value is -4.70. The lowest BCUT2D eigenvalue weighted by molar-refractivity contribution is -0.119. The van der Waals surface area contributed by atoms with Crippen molar-refractivity contribution < 1.29 is 9.90 Å². The van der Waals surface area contributed by atoms with E-state index in [0.29, 0.717) is 29.9 Å². The van der Waals surface area contributed by atoms with Crippen molar-refractivity contribution in [2.24, 2.45) is 29.0 Å². The van der Waals surface area contributed by atoms with Crippen molar-refractivity contribution in [2.45, 2.75) is 113 Å². The number of aliphatic hydroxyl groups is 1. The number of hydrogen-bond donors (Lipinski definition) is 6. The monoisotopic (exact) mass is 766 g/mol. The largest absolute Gasteiger partial charge is 0.403 e. The van der Waals surface area contributed by atoms with E-state index in [-0.39, 0.29) is 12.8 Å². The number of aromatic amines is 1. The molecule has 2 heterocycles. The zero-order valence-corrected chi connectivity index (χ0v) is 35.7. The molecule has 1 aliphatic heterocycles. The van der Waals surface area contributed by atoms with Gasteiger partial charge in [-0.05, 0) is 90.6 Å². The summed E-state index contributed by atoms with van der Waals surface area (Å²) >= 11 is 0. The fourth-order valence-corrected chi connectivity index (χ4v) is 6.18. The van der Waals surface area contributed by atoms with Crippen molar-refractivity contribution in [1.29, 1.82) is 0 Å². The number of aliphatic hydroxyl groups excluding tert-OH is 1. The Balaban J connectivity index is 0.000000534. The van der Waals surface area contributed by atoms with Gasteiger partial charge in [0.25, 0.3) is 0 Å². The van der Waals surface area contributed by atoms with Gasteiger partial charge in [-0.25, -0.2) is 4.98 Å². The highest BCUT2D eigenvalue weighted by atomic mass is 16.3. The molecule has 9 nitrogen and oxygen atoms in total. The third kappa shape index (κ3) is 13.8. The van der Waals surface area contributed by atoms with Gasteiger partial charge in [-0.15, -0.1) is 0 Å². The van der Waals surface area contributed by atoms with Crippen molar-refractivity contribution in [3.05, 3.63) is 102 Å². The summed E-state index contributed by atoms with van der Waals surface area (Å²) in [6, 6.07) is 21.4. The number of nitrogens with two attached hydrogens (primary N) is 3. The van der Waals surface area contributed by atoms with Gasteiger partial charge in [-0.1, -0.05) is 111 Å². The fourth-order valence-electron chi connectivity index (χ4n) is 6.18. The van der Waals surface area contributed by atoms with Gasteiger partial charge in [-0.2, -0.15) is 0 Å². The van der Waals surface area contributed by atoms with Crippen molar-refractivity contribution in [2.75, 3.05) is 18.2 Å². The number of ketones is 1. The number of aryl methyl sites for hydroxylation is 1. The van der Waals surface area contributed by atoms with E-state index < -0.39 is 0 Å². The van der Waals surface area contributed by atoms with E-state index in [4.69, 9.17) is 17.2 Å². The van der Waals surface area contributed by atoms with Crippen molar-refractivity contribution in [3.8, 4) is 22.4 Å². The van der Waals surface area contributed by atoms with Gasteiger partial charge in [0.2, 0.25) is 0 Å². The number of rotatable bonds is 12. The highest BCUT2D eigenvalue weighted by molar-refractivity contribution is 5.88. The maximum Gasteiger partial charge on any atom is 0.132 e. The second kappa shape index (κ2) is 24.7. The standard InChI is InChI=1S/C32H36N6O.C7H14O.C4H9N.2C2H6/c1-3-21-7-5-8-23(15-21)26-17-25(29-19-36-32(37-29)28-9-6-14-35-28)11-13-31(26)38(20-39)30-12-10-24(27(34)18-33)16-22(30)4-2;1-4-7(8)5-6(2)3;1-3-2-4(3)5;2*1-2/h4-5,7-8,10-13,15-19,28,35,39H,2-3,6,9,14,20,33-34H2,1H3,(H,36,37);6H,4-5H2,1-3H3;3-4H,2,5H2,1H3;2*1-2H3/b27-18-;;;;.